The van der Waals surface area contributed by atoms with Crippen LogP contribution in [0.1, 0.15) is 34.2 Å². The third-order valence-corrected chi connectivity index (χ3v) is 5.76. The van der Waals surface area contributed by atoms with Gasteiger partial charge in [-0.25, -0.2) is 4.98 Å². The second kappa shape index (κ2) is 12.2. The monoisotopic (exact) mass is 539 g/mol. The number of alkyl halides is 3. The number of hydrogen-bond donors (Lipinski definition) is 4. The summed E-state index contributed by atoms with van der Waals surface area (Å²) >= 11 is 0. The Morgan fingerprint density at radius 3 is 2.46 bits per heavy atom. The summed E-state index contributed by atoms with van der Waals surface area (Å²) in [7, 11) is 3.27. The highest BCUT2D eigenvalue weighted by molar-refractivity contribution is 6.03. The molecule has 1 aromatic carbocycles. The molecule has 0 aliphatic heterocycles. The van der Waals surface area contributed by atoms with Crippen LogP contribution in [0.5, 0.6) is 0 Å². The van der Waals surface area contributed by atoms with E-state index < -0.39 is 29.3 Å². The number of amides is 2. The van der Waals surface area contributed by atoms with Crippen LogP contribution in [-0.2, 0) is 11.0 Å². The number of rotatable bonds is 8. The van der Waals surface area contributed by atoms with Gasteiger partial charge < -0.3 is 21.7 Å². The van der Waals surface area contributed by atoms with E-state index in [-0.39, 0.29) is 5.91 Å². The van der Waals surface area contributed by atoms with Crippen molar-refractivity contribution in [3.63, 3.8) is 0 Å². The molecule has 0 aliphatic carbocycles. The van der Waals surface area contributed by atoms with E-state index in [1.165, 1.54) is 6.20 Å². The minimum Gasteiger partial charge on any atom is -0.405 e. The average Bonchev–Trinajstić information content (AvgIpc) is 2.92. The van der Waals surface area contributed by atoms with Crippen molar-refractivity contribution in [3.8, 4) is 11.1 Å². The predicted molar refractivity (Wildman–Crippen MR) is 143 cm³/mol. The van der Waals surface area contributed by atoms with Crippen molar-refractivity contribution in [3.05, 3.63) is 83.5 Å². The van der Waals surface area contributed by atoms with E-state index in [1.54, 1.807) is 51.4 Å². The summed E-state index contributed by atoms with van der Waals surface area (Å²) in [6, 6.07) is 9.36. The quantitative estimate of drug-likeness (QED) is 0.312. The molecule has 9 nitrogen and oxygen atoms in total. The van der Waals surface area contributed by atoms with Crippen molar-refractivity contribution >= 4 is 28.9 Å². The Morgan fingerprint density at radius 2 is 1.82 bits per heavy atom. The lowest BCUT2D eigenvalue weighted by Crippen LogP contribution is -2.24. The molecule has 3 rings (SSSR count). The number of allylic oxidation sites excluding steroid dienone is 2. The first-order valence-corrected chi connectivity index (χ1v) is 11.8. The van der Waals surface area contributed by atoms with Gasteiger partial charge in [0.1, 0.15) is 5.82 Å². The summed E-state index contributed by atoms with van der Waals surface area (Å²) in [5.74, 6) is -0.924. The normalized spacial score (nSPS) is 12.7. The molecular formula is C27H28F3N7O2. The minimum atomic E-state index is -4.66. The number of hydrogen-bond acceptors (Lipinski definition) is 7. The van der Waals surface area contributed by atoms with Gasteiger partial charge in [-0.3, -0.25) is 9.59 Å². The Balaban J connectivity index is 2.02. The van der Waals surface area contributed by atoms with Crippen molar-refractivity contribution in [2.75, 3.05) is 24.7 Å². The second-order valence-electron chi connectivity index (χ2n) is 8.57. The van der Waals surface area contributed by atoms with Crippen molar-refractivity contribution in [2.45, 2.75) is 20.0 Å². The highest BCUT2D eigenvalue weighted by atomic mass is 19.4. The standard InChI is InChI=1S/C27H28F3N7O2/c1-15-5-6-20(35-26(39)23-12-19(14-34-37-23)27(28,29)30)13-21(15)18-10-22(36-24(11-18)32-3)17(7-8-31)9-16(2)25(38)33-4/h5-14,16H,31H2,1-4H3,(H,32,36)(H,33,38)(H,35,39)/b8-7-,17-9+. The molecule has 2 heterocycles. The van der Waals surface area contributed by atoms with Crippen LogP contribution < -0.4 is 21.7 Å². The highest BCUT2D eigenvalue weighted by Gasteiger charge is 2.32. The van der Waals surface area contributed by atoms with E-state index in [9.17, 15) is 22.8 Å². The fourth-order valence-corrected chi connectivity index (χ4v) is 3.70. The molecule has 0 bridgehead atoms. The van der Waals surface area contributed by atoms with E-state index in [0.29, 0.717) is 35.0 Å². The molecule has 0 spiro atoms. The molecule has 3 aromatic rings. The van der Waals surface area contributed by atoms with Crippen LogP contribution in [0.2, 0.25) is 0 Å². The Morgan fingerprint density at radius 1 is 1.08 bits per heavy atom. The molecule has 0 aliphatic rings. The molecule has 0 radical (unpaired) electrons. The molecule has 204 valence electrons. The number of pyridine rings is 1. The van der Waals surface area contributed by atoms with Gasteiger partial charge in [0.15, 0.2) is 5.69 Å². The fourth-order valence-electron chi connectivity index (χ4n) is 3.70. The molecule has 39 heavy (non-hydrogen) atoms. The zero-order chi connectivity index (χ0) is 28.7. The molecule has 0 fully saturated rings. The van der Waals surface area contributed by atoms with Crippen molar-refractivity contribution in [1.82, 2.24) is 20.5 Å². The number of carbonyl (C=O) groups excluding carboxylic acids is 2. The molecule has 2 amide bonds. The van der Waals surface area contributed by atoms with E-state index in [1.807, 2.05) is 19.1 Å². The fraction of sp³-hybridized carbons (Fsp3) is 0.222. The molecular weight excluding hydrogens is 511 g/mol. The summed E-state index contributed by atoms with van der Waals surface area (Å²) < 4.78 is 39.1. The van der Waals surface area contributed by atoms with E-state index in [4.69, 9.17) is 5.73 Å². The Hall–Kier alpha value is -4.74. The van der Waals surface area contributed by atoms with E-state index in [2.05, 4.69) is 31.1 Å². The molecule has 12 heteroatoms. The SMILES string of the molecule is CNC(=O)C(C)/C=C(\C=C/N)c1cc(-c2cc(NC(=O)c3cc(C(F)(F)F)cnn3)ccc2C)cc(NC)n1. The maximum Gasteiger partial charge on any atom is 0.418 e. The topological polar surface area (TPSA) is 135 Å². The molecule has 2 aromatic heterocycles. The third-order valence-electron chi connectivity index (χ3n) is 5.76. The summed E-state index contributed by atoms with van der Waals surface area (Å²) in [5, 5.41) is 15.0. The number of halogens is 3. The zero-order valence-corrected chi connectivity index (χ0v) is 21.7. The van der Waals surface area contributed by atoms with Gasteiger partial charge in [0.05, 0.1) is 23.4 Å². The molecule has 1 unspecified atom stereocenters. The van der Waals surface area contributed by atoms with Crippen LogP contribution in [0.4, 0.5) is 24.7 Å². The third kappa shape index (κ3) is 7.18. The maximum atomic E-state index is 13.0. The lowest BCUT2D eigenvalue weighted by molar-refractivity contribution is -0.138. The number of aromatic nitrogens is 3. The summed E-state index contributed by atoms with van der Waals surface area (Å²) in [6.45, 7) is 3.62. The van der Waals surface area contributed by atoms with Crippen LogP contribution in [0.25, 0.3) is 16.7 Å². The highest BCUT2D eigenvalue weighted by Crippen LogP contribution is 2.32. The van der Waals surface area contributed by atoms with Crippen LogP contribution in [-0.4, -0.2) is 41.1 Å². The first kappa shape index (κ1) is 28.8. The average molecular weight is 540 g/mol. The number of nitrogens with zero attached hydrogens (tertiary/aromatic N) is 3. The second-order valence-corrected chi connectivity index (χ2v) is 8.57. The minimum absolute atomic E-state index is 0.173. The Kier molecular flexibility index (Phi) is 9.02. The molecule has 0 saturated carbocycles. The van der Waals surface area contributed by atoms with Gasteiger partial charge in [-0.2, -0.15) is 18.3 Å². The number of nitrogens with two attached hydrogens (primary N) is 1. The smallest absolute Gasteiger partial charge is 0.405 e. The van der Waals surface area contributed by atoms with E-state index >= 15 is 0 Å². The predicted octanol–water partition coefficient (Wildman–Crippen LogP) is 4.40. The number of carbonyl (C=O) groups is 2. The molecule has 5 N–H and O–H groups in total. The maximum absolute atomic E-state index is 13.0. The van der Waals surface area contributed by atoms with Gasteiger partial charge in [-0.15, -0.1) is 5.10 Å². The number of anilines is 2. The number of benzene rings is 1. The van der Waals surface area contributed by atoms with Gasteiger partial charge >= 0.3 is 6.18 Å². The molecule has 1 atom stereocenters. The number of nitrogens with one attached hydrogen (secondary N) is 3. The van der Waals surface area contributed by atoms with Gasteiger partial charge in [0, 0.05) is 19.8 Å². The first-order valence-electron chi connectivity index (χ1n) is 11.8. The van der Waals surface area contributed by atoms with Crippen LogP contribution in [0.3, 0.4) is 0 Å². The lowest BCUT2D eigenvalue weighted by atomic mass is 9.97. The van der Waals surface area contributed by atoms with Crippen LogP contribution in [0, 0.1) is 12.8 Å². The number of aryl methyl sites for hydroxylation is 1. The van der Waals surface area contributed by atoms with Crippen molar-refractivity contribution in [2.24, 2.45) is 11.7 Å². The van der Waals surface area contributed by atoms with Gasteiger partial charge in [-0.05, 0) is 71.8 Å². The largest absolute Gasteiger partial charge is 0.418 e. The van der Waals surface area contributed by atoms with E-state index in [0.717, 1.165) is 16.7 Å². The summed E-state index contributed by atoms with van der Waals surface area (Å²) in [6.07, 6.45) is 0.640. The molecule has 0 saturated heterocycles. The summed E-state index contributed by atoms with van der Waals surface area (Å²) in [5.41, 5.74) is 7.97. The van der Waals surface area contributed by atoms with Gasteiger partial charge in [-0.1, -0.05) is 19.1 Å². The lowest BCUT2D eigenvalue weighted by Gasteiger charge is -2.14. The van der Waals surface area contributed by atoms with Gasteiger partial charge in [0.25, 0.3) is 5.91 Å². The Labute approximate surface area is 223 Å². The Bertz CT molecular complexity index is 1440. The zero-order valence-electron chi connectivity index (χ0n) is 21.7. The van der Waals surface area contributed by atoms with Crippen LogP contribution >= 0.6 is 0 Å². The van der Waals surface area contributed by atoms with Crippen LogP contribution in [0.15, 0.2) is 60.9 Å². The summed E-state index contributed by atoms with van der Waals surface area (Å²) in [4.78, 5) is 29.4. The first-order chi connectivity index (χ1) is 18.5. The van der Waals surface area contributed by atoms with Crippen molar-refractivity contribution in [1.29, 1.82) is 0 Å². The van der Waals surface area contributed by atoms with Crippen molar-refractivity contribution < 1.29 is 22.8 Å². The van der Waals surface area contributed by atoms with Gasteiger partial charge in [0.2, 0.25) is 5.91 Å².